The zero-order valence-electron chi connectivity index (χ0n) is 25.0. The first-order valence-electron chi connectivity index (χ1n) is 16.2. The Balaban J connectivity index is 1.36. The normalized spacial score (nSPS) is 17.3. The van der Waals surface area contributed by atoms with E-state index in [0.717, 1.165) is 0 Å². The summed E-state index contributed by atoms with van der Waals surface area (Å²) in [6.07, 6.45) is 9.30. The van der Waals surface area contributed by atoms with E-state index in [0.29, 0.717) is 0 Å². The van der Waals surface area contributed by atoms with Crippen molar-refractivity contribution in [3.63, 3.8) is 0 Å². The van der Waals surface area contributed by atoms with Crippen molar-refractivity contribution < 1.29 is 0 Å². The maximum Gasteiger partial charge on any atom is 0.0713 e. The van der Waals surface area contributed by atoms with Crippen LogP contribution in [0.5, 0.6) is 0 Å². The maximum atomic E-state index is 4.14. The van der Waals surface area contributed by atoms with E-state index in [1.807, 2.05) is 0 Å². The van der Waals surface area contributed by atoms with Crippen LogP contribution in [0.4, 0.5) is 11.4 Å². The molecule has 2 nitrogen and oxygen atoms in total. The van der Waals surface area contributed by atoms with Gasteiger partial charge in [-0.3, -0.25) is 0 Å². The largest absolute Gasteiger partial charge is 0.374 e. The van der Waals surface area contributed by atoms with Gasteiger partial charge in [0, 0.05) is 22.3 Å². The summed E-state index contributed by atoms with van der Waals surface area (Å²) < 4.78 is 0. The summed E-state index contributed by atoms with van der Waals surface area (Å²) in [6, 6.07) is 44.9. The van der Waals surface area contributed by atoms with E-state index in [9.17, 15) is 0 Å². The summed E-state index contributed by atoms with van der Waals surface area (Å²) in [6.45, 7) is 0. The number of hydrogen-bond acceptors (Lipinski definition) is 2. The molecule has 0 fully saturated rings. The van der Waals surface area contributed by atoms with E-state index < -0.39 is 0 Å². The number of benzene rings is 7. The van der Waals surface area contributed by atoms with E-state index >= 15 is 0 Å². The number of fused-ring (bicyclic) bond motifs is 4. The van der Waals surface area contributed by atoms with E-state index in [1.54, 1.807) is 0 Å². The molecule has 46 heavy (non-hydrogen) atoms. The third kappa shape index (κ3) is 3.11. The minimum absolute atomic E-state index is 0.0824. The molecule has 0 saturated carbocycles. The topological polar surface area (TPSA) is 24.1 Å². The minimum Gasteiger partial charge on any atom is -0.374 e. The minimum atomic E-state index is 0.0824. The lowest BCUT2D eigenvalue weighted by molar-refractivity contribution is 0.973. The molecule has 2 aliphatic heterocycles. The van der Waals surface area contributed by atoms with Crippen molar-refractivity contribution in [2.45, 2.75) is 12.1 Å². The van der Waals surface area contributed by atoms with Crippen LogP contribution in [0.15, 0.2) is 133 Å². The van der Waals surface area contributed by atoms with Crippen LogP contribution in [-0.2, 0) is 0 Å². The Kier molecular flexibility index (Phi) is 4.71. The van der Waals surface area contributed by atoms with Crippen LogP contribution in [0.1, 0.15) is 34.3 Å². The van der Waals surface area contributed by atoms with Crippen LogP contribution >= 0.6 is 0 Å². The van der Waals surface area contributed by atoms with Gasteiger partial charge in [0.25, 0.3) is 0 Å². The first kappa shape index (κ1) is 24.5. The Morgan fingerprint density at radius 3 is 1.30 bits per heavy atom. The predicted octanol–water partition coefficient (Wildman–Crippen LogP) is 11.6. The van der Waals surface area contributed by atoms with Gasteiger partial charge in [-0.15, -0.1) is 0 Å². The SMILES string of the molecule is C1=CC2Nc3c(-c4ccccc4)c4c(c(-c5ccccc5)c3-c3ccc5cccc1c5c32)NC1C=Cc2cccc3ccc-4c1c23. The lowest BCUT2D eigenvalue weighted by Gasteiger charge is -2.40. The van der Waals surface area contributed by atoms with E-state index in [1.165, 1.54) is 99.7 Å². The second-order valence-electron chi connectivity index (χ2n) is 12.9. The Morgan fingerprint density at radius 2 is 0.848 bits per heavy atom. The van der Waals surface area contributed by atoms with Crippen molar-refractivity contribution in [1.29, 1.82) is 0 Å². The Morgan fingerprint density at radius 1 is 0.391 bits per heavy atom. The average Bonchev–Trinajstić information content (AvgIpc) is 3.12. The summed E-state index contributed by atoms with van der Waals surface area (Å²) in [5.74, 6) is 0. The van der Waals surface area contributed by atoms with Crippen LogP contribution in [0.3, 0.4) is 0 Å². The number of nitrogens with one attached hydrogen (secondary N) is 2. The summed E-state index contributed by atoms with van der Waals surface area (Å²) in [4.78, 5) is 0. The molecule has 0 spiro atoms. The molecule has 0 aromatic heterocycles. The Bertz CT molecular complexity index is 2340. The number of hydrogen-bond donors (Lipinski definition) is 2. The summed E-state index contributed by atoms with van der Waals surface area (Å²) >= 11 is 0. The van der Waals surface area contributed by atoms with Gasteiger partial charge in [-0.2, -0.15) is 0 Å². The molecule has 0 amide bonds. The van der Waals surface area contributed by atoms with Gasteiger partial charge in [-0.25, -0.2) is 0 Å². The molecule has 11 rings (SSSR count). The van der Waals surface area contributed by atoms with Gasteiger partial charge < -0.3 is 10.6 Å². The van der Waals surface area contributed by atoms with Gasteiger partial charge in [0.2, 0.25) is 0 Å². The van der Waals surface area contributed by atoms with Crippen LogP contribution in [-0.4, -0.2) is 0 Å². The predicted molar refractivity (Wildman–Crippen MR) is 194 cm³/mol. The molecular formula is C44H28N2. The highest BCUT2D eigenvalue weighted by Gasteiger charge is 2.38. The summed E-state index contributed by atoms with van der Waals surface area (Å²) in [5, 5.41) is 13.6. The standard InChI is InChI=1S/C44H28N2/c1-3-9-25(10-4-1)37-41-31-21-17-27-13-7-15-29-20-24-34(39(31)35(27)29)46-44(41)38(26-11-5-2-6-12-26)42-32-22-18-28-14-8-16-30-19-23-33(45-43(37)42)40(32)36(28)30/h1-24,33-34,45-46H. The molecule has 2 heteroatoms. The quantitative estimate of drug-likeness (QED) is 0.211. The van der Waals surface area contributed by atoms with Gasteiger partial charge in [0.05, 0.1) is 23.5 Å². The van der Waals surface area contributed by atoms with Crippen LogP contribution in [0.2, 0.25) is 0 Å². The van der Waals surface area contributed by atoms with E-state index in [2.05, 4.69) is 156 Å². The first-order valence-corrected chi connectivity index (χ1v) is 16.2. The van der Waals surface area contributed by atoms with Gasteiger partial charge in [-0.1, -0.05) is 146 Å². The van der Waals surface area contributed by atoms with Crippen molar-refractivity contribution >= 4 is 45.1 Å². The second kappa shape index (κ2) is 8.87. The van der Waals surface area contributed by atoms with Crippen molar-refractivity contribution in [1.82, 2.24) is 0 Å². The maximum absolute atomic E-state index is 4.14. The van der Waals surface area contributed by atoms with Gasteiger partial charge in [-0.05, 0) is 66.1 Å². The monoisotopic (exact) mass is 584 g/mol. The van der Waals surface area contributed by atoms with E-state index in [-0.39, 0.29) is 12.1 Å². The van der Waals surface area contributed by atoms with Gasteiger partial charge in [0.15, 0.2) is 0 Å². The molecule has 0 radical (unpaired) electrons. The smallest absolute Gasteiger partial charge is 0.0713 e. The number of rotatable bonds is 2. The molecule has 2 N–H and O–H groups in total. The highest BCUT2D eigenvalue weighted by Crippen LogP contribution is 2.62. The third-order valence-electron chi connectivity index (χ3n) is 10.6. The van der Waals surface area contributed by atoms with E-state index in [4.69, 9.17) is 0 Å². The van der Waals surface area contributed by atoms with Crippen LogP contribution < -0.4 is 10.6 Å². The lowest BCUT2D eigenvalue weighted by Crippen LogP contribution is -2.23. The zero-order chi connectivity index (χ0) is 29.9. The molecule has 2 aliphatic carbocycles. The van der Waals surface area contributed by atoms with Crippen molar-refractivity contribution in [3.8, 4) is 44.5 Å². The molecule has 7 aromatic rings. The van der Waals surface area contributed by atoms with Gasteiger partial charge in [0.1, 0.15) is 0 Å². The molecule has 2 atom stereocenters. The lowest BCUT2D eigenvalue weighted by atomic mass is 9.73. The molecule has 2 heterocycles. The van der Waals surface area contributed by atoms with Crippen molar-refractivity contribution in [2.24, 2.45) is 0 Å². The Hall–Kier alpha value is -5.86. The molecule has 2 unspecified atom stereocenters. The number of anilines is 2. The fourth-order valence-corrected chi connectivity index (χ4v) is 8.74. The fraction of sp³-hybridized carbons (Fsp3) is 0.0455. The van der Waals surface area contributed by atoms with Crippen LogP contribution in [0.25, 0.3) is 78.2 Å². The molecule has 4 aliphatic rings. The Labute approximate surface area is 267 Å². The molecular weight excluding hydrogens is 556 g/mol. The first-order chi connectivity index (χ1) is 22.8. The molecule has 7 aromatic carbocycles. The molecule has 0 bridgehead atoms. The third-order valence-corrected chi connectivity index (χ3v) is 10.6. The molecule has 0 saturated heterocycles. The van der Waals surface area contributed by atoms with Crippen LogP contribution in [0, 0.1) is 0 Å². The fourth-order valence-electron chi connectivity index (χ4n) is 8.74. The second-order valence-corrected chi connectivity index (χ2v) is 12.9. The summed E-state index contributed by atoms with van der Waals surface area (Å²) in [5.41, 5.74) is 17.9. The average molecular weight is 585 g/mol. The highest BCUT2D eigenvalue weighted by molar-refractivity contribution is 6.18. The van der Waals surface area contributed by atoms with Crippen molar-refractivity contribution in [2.75, 3.05) is 10.6 Å². The summed E-state index contributed by atoms with van der Waals surface area (Å²) in [7, 11) is 0. The molecule has 214 valence electrons. The van der Waals surface area contributed by atoms with Crippen molar-refractivity contribution in [3.05, 3.63) is 156 Å². The van der Waals surface area contributed by atoms with Gasteiger partial charge >= 0.3 is 0 Å². The zero-order valence-corrected chi connectivity index (χ0v) is 25.0. The highest BCUT2D eigenvalue weighted by atomic mass is 15.0.